The molecule has 2 nitrogen and oxygen atoms in total. The van der Waals surface area contributed by atoms with Crippen molar-refractivity contribution in [3.8, 4) is 0 Å². The summed E-state index contributed by atoms with van der Waals surface area (Å²) in [7, 11) is 0. The van der Waals surface area contributed by atoms with E-state index in [1.165, 1.54) is 11.3 Å². The molecule has 1 atom stereocenters. The summed E-state index contributed by atoms with van der Waals surface area (Å²) < 4.78 is 0. The van der Waals surface area contributed by atoms with Crippen LogP contribution in [0, 0.1) is 5.41 Å². The minimum atomic E-state index is -0.103. The molecule has 1 heterocycles. The fraction of sp³-hybridized carbons (Fsp3) is 0.375. The van der Waals surface area contributed by atoms with Crippen LogP contribution in [-0.2, 0) is 6.42 Å². The second-order valence-corrected chi connectivity index (χ2v) is 4.95. The number of hydrogen-bond acceptors (Lipinski definition) is 2. The zero-order chi connectivity index (χ0) is 13.0. The van der Waals surface area contributed by atoms with Crippen molar-refractivity contribution in [1.82, 2.24) is 0 Å². The molecule has 1 unspecified atom stereocenters. The van der Waals surface area contributed by atoms with E-state index < -0.39 is 0 Å². The predicted molar refractivity (Wildman–Crippen MR) is 76.6 cm³/mol. The Morgan fingerprint density at radius 2 is 2.17 bits per heavy atom. The Morgan fingerprint density at radius 3 is 2.72 bits per heavy atom. The van der Waals surface area contributed by atoms with Gasteiger partial charge in [-0.15, -0.1) is 5.73 Å². The van der Waals surface area contributed by atoms with E-state index in [1.807, 2.05) is 6.07 Å². The topological polar surface area (TPSA) is 38.4 Å². The molecule has 0 saturated carbocycles. The van der Waals surface area contributed by atoms with Gasteiger partial charge >= 0.3 is 0 Å². The van der Waals surface area contributed by atoms with Gasteiger partial charge in [0.1, 0.15) is 0 Å². The molecule has 2 N–H and O–H groups in total. The average molecular weight is 240 g/mol. The van der Waals surface area contributed by atoms with Gasteiger partial charge in [0.25, 0.3) is 0 Å². The number of hydrogen-bond donors (Lipinski definition) is 1. The molecule has 0 aromatic heterocycles. The molecule has 0 bridgehead atoms. The number of aliphatic imine (C=N–C) groups is 1. The molecule has 2 heteroatoms. The first-order valence-corrected chi connectivity index (χ1v) is 6.42. The van der Waals surface area contributed by atoms with E-state index in [1.54, 1.807) is 0 Å². The Hall–Kier alpha value is -1.79. The molecular weight excluding hydrogens is 220 g/mol. The van der Waals surface area contributed by atoms with Gasteiger partial charge in [-0.25, -0.2) is 0 Å². The fourth-order valence-corrected chi connectivity index (χ4v) is 2.57. The standard InChI is InChI=1S/C16H20N2/c1-3-14-11-16(12-18-14,15(17)4-2)10-13-8-6-5-7-9-13/h5-9H,2-3,10-12,17H2,1H3. The largest absolute Gasteiger partial charge is 0.395 e. The molecule has 94 valence electrons. The van der Waals surface area contributed by atoms with Gasteiger partial charge in [0.2, 0.25) is 0 Å². The maximum Gasteiger partial charge on any atom is 0.0594 e. The van der Waals surface area contributed by atoms with Gasteiger partial charge < -0.3 is 5.73 Å². The third-order valence-electron chi connectivity index (χ3n) is 3.70. The zero-order valence-corrected chi connectivity index (χ0v) is 10.9. The Labute approximate surface area is 109 Å². The molecule has 1 aromatic carbocycles. The summed E-state index contributed by atoms with van der Waals surface area (Å²) in [6.45, 7) is 6.61. The third-order valence-corrected chi connectivity index (χ3v) is 3.70. The molecule has 0 fully saturated rings. The van der Waals surface area contributed by atoms with Gasteiger partial charge in [-0.1, -0.05) is 43.8 Å². The number of benzene rings is 1. The fourth-order valence-electron chi connectivity index (χ4n) is 2.57. The summed E-state index contributed by atoms with van der Waals surface area (Å²) in [4.78, 5) is 4.62. The zero-order valence-electron chi connectivity index (χ0n) is 10.9. The van der Waals surface area contributed by atoms with Crippen molar-refractivity contribution in [3.63, 3.8) is 0 Å². The first-order chi connectivity index (χ1) is 8.70. The van der Waals surface area contributed by atoms with E-state index in [4.69, 9.17) is 5.73 Å². The van der Waals surface area contributed by atoms with Crippen LogP contribution in [0.1, 0.15) is 25.3 Å². The van der Waals surface area contributed by atoms with Gasteiger partial charge in [0.05, 0.1) is 12.2 Å². The van der Waals surface area contributed by atoms with Crippen LogP contribution in [-0.4, -0.2) is 12.3 Å². The van der Waals surface area contributed by atoms with Crippen molar-refractivity contribution in [2.75, 3.05) is 6.54 Å². The van der Waals surface area contributed by atoms with Gasteiger partial charge in [0, 0.05) is 11.1 Å². The molecule has 0 saturated heterocycles. The van der Waals surface area contributed by atoms with E-state index in [0.717, 1.165) is 31.5 Å². The Bertz CT molecular complexity index is 495. The van der Waals surface area contributed by atoms with Gasteiger partial charge in [-0.05, 0) is 24.8 Å². The highest BCUT2D eigenvalue weighted by molar-refractivity contribution is 5.87. The first-order valence-electron chi connectivity index (χ1n) is 6.42. The van der Waals surface area contributed by atoms with E-state index in [9.17, 15) is 0 Å². The Morgan fingerprint density at radius 1 is 1.44 bits per heavy atom. The highest BCUT2D eigenvalue weighted by Crippen LogP contribution is 2.37. The van der Waals surface area contributed by atoms with E-state index in [0.29, 0.717) is 0 Å². The first kappa shape index (κ1) is 12.7. The highest BCUT2D eigenvalue weighted by Gasteiger charge is 2.38. The summed E-state index contributed by atoms with van der Waals surface area (Å²) in [5.74, 6) is 0. The van der Waals surface area contributed by atoms with Gasteiger partial charge in [-0.3, -0.25) is 4.99 Å². The van der Waals surface area contributed by atoms with Crippen molar-refractivity contribution in [2.45, 2.75) is 26.2 Å². The van der Waals surface area contributed by atoms with Crippen LogP contribution in [0.3, 0.4) is 0 Å². The van der Waals surface area contributed by atoms with E-state index >= 15 is 0 Å². The maximum absolute atomic E-state index is 6.15. The minimum Gasteiger partial charge on any atom is -0.395 e. The predicted octanol–water partition coefficient (Wildman–Crippen LogP) is 3.10. The van der Waals surface area contributed by atoms with E-state index in [-0.39, 0.29) is 5.41 Å². The van der Waals surface area contributed by atoms with Crippen LogP contribution in [0.25, 0.3) is 0 Å². The summed E-state index contributed by atoms with van der Waals surface area (Å²) in [5, 5.41) is 0. The molecule has 18 heavy (non-hydrogen) atoms. The lowest BCUT2D eigenvalue weighted by Gasteiger charge is -2.28. The molecule has 0 aliphatic carbocycles. The van der Waals surface area contributed by atoms with Crippen LogP contribution < -0.4 is 5.73 Å². The van der Waals surface area contributed by atoms with Gasteiger partial charge in [-0.2, -0.15) is 0 Å². The Balaban J connectivity index is 2.26. The van der Waals surface area contributed by atoms with Crippen LogP contribution in [0.5, 0.6) is 0 Å². The Kier molecular flexibility index (Phi) is 3.69. The summed E-state index contributed by atoms with van der Waals surface area (Å²) in [6.07, 6.45) is 2.85. The average Bonchev–Trinajstić information content (AvgIpc) is 2.83. The highest BCUT2D eigenvalue weighted by atomic mass is 14.8. The lowest BCUT2D eigenvalue weighted by molar-refractivity contribution is 0.398. The lowest BCUT2D eigenvalue weighted by atomic mass is 9.76. The normalized spacial score (nSPS) is 22.4. The monoisotopic (exact) mass is 240 g/mol. The summed E-state index contributed by atoms with van der Waals surface area (Å²) in [6, 6.07) is 10.4. The molecule has 0 amide bonds. The number of nitrogens with two attached hydrogens (primary N) is 1. The maximum atomic E-state index is 6.15. The molecule has 1 aromatic rings. The van der Waals surface area contributed by atoms with Crippen LogP contribution in [0.15, 0.2) is 53.3 Å². The quantitative estimate of drug-likeness (QED) is 0.807. The second kappa shape index (κ2) is 5.24. The summed E-state index contributed by atoms with van der Waals surface area (Å²) >= 11 is 0. The molecular formula is C16H20N2. The number of rotatable bonds is 4. The molecule has 0 spiro atoms. The van der Waals surface area contributed by atoms with Crippen LogP contribution in [0.4, 0.5) is 0 Å². The molecule has 1 aliphatic heterocycles. The second-order valence-electron chi connectivity index (χ2n) is 4.95. The van der Waals surface area contributed by atoms with Crippen LogP contribution in [0.2, 0.25) is 0 Å². The smallest absolute Gasteiger partial charge is 0.0594 e. The number of nitrogens with zero attached hydrogens (tertiary/aromatic N) is 1. The summed E-state index contributed by atoms with van der Waals surface area (Å²) in [5.41, 5.74) is 12.2. The SMILES string of the molecule is C=C=C(N)C1(Cc2ccccc2)CN=C(CC)C1. The van der Waals surface area contributed by atoms with E-state index in [2.05, 4.69) is 48.5 Å². The van der Waals surface area contributed by atoms with Crippen molar-refractivity contribution in [3.05, 3.63) is 53.9 Å². The lowest BCUT2D eigenvalue weighted by Crippen LogP contribution is -2.31. The van der Waals surface area contributed by atoms with Crippen molar-refractivity contribution in [2.24, 2.45) is 16.1 Å². The van der Waals surface area contributed by atoms with Gasteiger partial charge in [0.15, 0.2) is 0 Å². The van der Waals surface area contributed by atoms with Crippen molar-refractivity contribution >= 4 is 5.71 Å². The molecule has 1 aliphatic rings. The van der Waals surface area contributed by atoms with Crippen molar-refractivity contribution in [1.29, 1.82) is 0 Å². The van der Waals surface area contributed by atoms with Crippen molar-refractivity contribution < 1.29 is 0 Å². The minimum absolute atomic E-state index is 0.103. The van der Waals surface area contributed by atoms with Crippen LogP contribution >= 0.6 is 0 Å². The molecule has 0 radical (unpaired) electrons. The third kappa shape index (κ3) is 2.39. The molecule has 2 rings (SSSR count).